The minimum atomic E-state index is -0.136. The van der Waals surface area contributed by atoms with E-state index in [1.165, 1.54) is 25.7 Å². The monoisotopic (exact) mass is 330 g/mol. The van der Waals surface area contributed by atoms with Crippen LogP contribution in [0, 0.1) is 28.1 Å². The van der Waals surface area contributed by atoms with Gasteiger partial charge in [-0.2, -0.15) is 0 Å². The second kappa shape index (κ2) is 5.75. The van der Waals surface area contributed by atoms with Crippen LogP contribution in [0.1, 0.15) is 73.1 Å². The van der Waals surface area contributed by atoms with Crippen LogP contribution in [0.5, 0.6) is 0 Å². The Balaban J connectivity index is 1.90. The first-order chi connectivity index (χ1) is 11.1. The van der Waals surface area contributed by atoms with Crippen LogP contribution in [0.2, 0.25) is 0 Å². The van der Waals surface area contributed by atoms with Gasteiger partial charge in [0.2, 0.25) is 0 Å². The van der Waals surface area contributed by atoms with Crippen LogP contribution in [0.25, 0.3) is 0 Å². The lowest BCUT2D eigenvalue weighted by Crippen LogP contribution is -2.56. The number of ether oxygens (including phenoxy) is 1. The molecule has 2 nitrogen and oxygen atoms in total. The van der Waals surface area contributed by atoms with Gasteiger partial charge in [-0.05, 0) is 61.2 Å². The fourth-order valence-electron chi connectivity index (χ4n) is 6.21. The lowest BCUT2D eigenvalue weighted by Gasteiger charge is -2.60. The molecule has 0 aliphatic heterocycles. The molecule has 0 bridgehead atoms. The van der Waals surface area contributed by atoms with E-state index in [4.69, 9.17) is 4.74 Å². The first-order valence-electron chi connectivity index (χ1n) is 9.62. The number of hydrogen-bond acceptors (Lipinski definition) is 2. The van der Waals surface area contributed by atoms with E-state index < -0.39 is 0 Å². The van der Waals surface area contributed by atoms with Gasteiger partial charge in [0.1, 0.15) is 6.10 Å². The summed E-state index contributed by atoms with van der Waals surface area (Å²) in [6.07, 6.45) is 11.7. The molecule has 0 aromatic rings. The van der Waals surface area contributed by atoms with Crippen molar-refractivity contribution in [3.8, 4) is 0 Å². The highest BCUT2D eigenvalue weighted by Gasteiger charge is 2.57. The third-order valence-corrected chi connectivity index (χ3v) is 7.74. The zero-order valence-electron chi connectivity index (χ0n) is 16.2. The number of hydrogen-bond donors (Lipinski definition) is 0. The molecule has 0 radical (unpaired) electrons. The van der Waals surface area contributed by atoms with Crippen LogP contribution in [0.15, 0.2) is 24.3 Å². The fourth-order valence-corrected chi connectivity index (χ4v) is 6.21. The zero-order chi connectivity index (χ0) is 17.8. The number of allylic oxidation sites excluding steroid dienone is 3. The summed E-state index contributed by atoms with van der Waals surface area (Å²) in [5.41, 5.74) is 2.33. The Kier molecular flexibility index (Phi) is 4.25. The molecule has 134 valence electrons. The maximum atomic E-state index is 11.5. The average molecular weight is 331 g/mol. The van der Waals surface area contributed by atoms with Crippen molar-refractivity contribution < 1.29 is 9.53 Å². The van der Waals surface area contributed by atoms with Gasteiger partial charge in [-0.3, -0.25) is 4.79 Å². The summed E-state index contributed by atoms with van der Waals surface area (Å²) in [4.78, 5) is 11.5. The first-order valence-corrected chi connectivity index (χ1v) is 9.62. The van der Waals surface area contributed by atoms with Crippen LogP contribution in [-0.4, -0.2) is 12.1 Å². The molecule has 2 fully saturated rings. The third kappa shape index (κ3) is 2.66. The molecule has 0 amide bonds. The van der Waals surface area contributed by atoms with Crippen LogP contribution in [0.4, 0.5) is 0 Å². The molecule has 24 heavy (non-hydrogen) atoms. The van der Waals surface area contributed by atoms with E-state index in [1.54, 1.807) is 12.5 Å². The minimum absolute atomic E-state index is 0.0416. The van der Waals surface area contributed by atoms with Gasteiger partial charge in [0.15, 0.2) is 0 Å². The molecule has 0 N–H and O–H groups in total. The molecule has 3 rings (SSSR count). The lowest BCUT2D eigenvalue weighted by molar-refractivity contribution is -0.172. The number of carbonyl (C=O) groups excluding carboxylic acids is 1. The Bertz CT molecular complexity index is 573. The minimum Gasteiger partial charge on any atom is -0.462 e. The van der Waals surface area contributed by atoms with Crippen molar-refractivity contribution in [1.29, 1.82) is 0 Å². The maximum Gasteiger partial charge on any atom is 0.302 e. The van der Waals surface area contributed by atoms with Gasteiger partial charge in [-0.1, -0.05) is 45.4 Å². The summed E-state index contributed by atoms with van der Waals surface area (Å²) in [5.74, 6) is 1.15. The Labute approximate surface area is 147 Å². The quantitative estimate of drug-likeness (QED) is 0.481. The number of esters is 1. The molecule has 2 saturated carbocycles. The molecule has 0 heterocycles. The first kappa shape index (κ1) is 17.8. The Hall–Kier alpha value is -1.05. The van der Waals surface area contributed by atoms with E-state index in [9.17, 15) is 4.79 Å². The van der Waals surface area contributed by atoms with Gasteiger partial charge in [0.05, 0.1) is 0 Å². The predicted molar refractivity (Wildman–Crippen MR) is 98.5 cm³/mol. The molecule has 2 heteroatoms. The van der Waals surface area contributed by atoms with E-state index in [0.29, 0.717) is 17.3 Å². The van der Waals surface area contributed by atoms with Crippen LogP contribution >= 0.6 is 0 Å². The molecule has 0 aromatic carbocycles. The summed E-state index contributed by atoms with van der Waals surface area (Å²) >= 11 is 0. The van der Waals surface area contributed by atoms with Gasteiger partial charge in [0, 0.05) is 12.3 Å². The van der Waals surface area contributed by atoms with Crippen molar-refractivity contribution in [2.45, 2.75) is 79.2 Å². The highest BCUT2D eigenvalue weighted by molar-refractivity contribution is 5.66. The topological polar surface area (TPSA) is 26.3 Å². The second-order valence-electron chi connectivity index (χ2n) is 9.66. The predicted octanol–water partition coefficient (Wildman–Crippen LogP) is 5.68. The normalized spacial score (nSPS) is 43.9. The molecule has 0 saturated heterocycles. The number of fused-ring (bicyclic) bond motifs is 3. The van der Waals surface area contributed by atoms with Crippen molar-refractivity contribution in [2.24, 2.45) is 28.1 Å². The van der Waals surface area contributed by atoms with Crippen molar-refractivity contribution >= 4 is 5.97 Å². The summed E-state index contributed by atoms with van der Waals surface area (Å²) in [5, 5.41) is 0. The van der Waals surface area contributed by atoms with Gasteiger partial charge in [-0.25, -0.2) is 0 Å². The molecule has 0 spiro atoms. The highest BCUT2D eigenvalue weighted by atomic mass is 16.5. The van der Waals surface area contributed by atoms with Crippen molar-refractivity contribution in [1.82, 2.24) is 0 Å². The third-order valence-electron chi connectivity index (χ3n) is 7.74. The summed E-state index contributed by atoms with van der Waals surface area (Å²) in [6.45, 7) is 15.1. The SMILES string of the molecule is C=C[C@]1(C)CC[C@@H]2C(=CC[C@@H]3C(C)(C)[C@@H](OC(C)=O)CC[C@]23C)C1. The van der Waals surface area contributed by atoms with E-state index in [2.05, 4.69) is 46.4 Å². The van der Waals surface area contributed by atoms with Crippen LogP contribution < -0.4 is 0 Å². The van der Waals surface area contributed by atoms with Crippen LogP contribution in [-0.2, 0) is 9.53 Å². The molecule has 5 atom stereocenters. The highest BCUT2D eigenvalue weighted by Crippen LogP contribution is 2.63. The molecule has 3 aliphatic carbocycles. The van der Waals surface area contributed by atoms with Gasteiger partial charge in [0.25, 0.3) is 0 Å². The van der Waals surface area contributed by atoms with Crippen molar-refractivity contribution in [2.75, 3.05) is 0 Å². The van der Waals surface area contributed by atoms with E-state index >= 15 is 0 Å². The number of carbonyl (C=O) groups is 1. The summed E-state index contributed by atoms with van der Waals surface area (Å²) in [6, 6.07) is 0. The van der Waals surface area contributed by atoms with Gasteiger partial charge in [-0.15, -0.1) is 6.58 Å². The standard InChI is InChI=1S/C22H34O2/c1-7-21(5)12-10-17-16(14-21)8-9-18-20(3,4)19(24-15(2)23)11-13-22(17,18)6/h7-8,17-19H,1,9-14H2,2-6H3/t17-,18-,19+,21-,22-/m1/s1. The Morgan fingerprint density at radius 2 is 1.96 bits per heavy atom. The van der Waals surface area contributed by atoms with Crippen LogP contribution in [0.3, 0.4) is 0 Å². The van der Waals surface area contributed by atoms with E-state index in [0.717, 1.165) is 12.8 Å². The summed E-state index contributed by atoms with van der Waals surface area (Å²) < 4.78 is 5.71. The average Bonchev–Trinajstić information content (AvgIpc) is 2.49. The lowest BCUT2D eigenvalue weighted by atomic mass is 9.45. The smallest absolute Gasteiger partial charge is 0.302 e. The molecular formula is C22H34O2. The zero-order valence-corrected chi connectivity index (χ0v) is 16.2. The molecule has 0 unspecified atom stereocenters. The molecular weight excluding hydrogens is 296 g/mol. The van der Waals surface area contributed by atoms with E-state index in [1.807, 2.05) is 0 Å². The summed E-state index contributed by atoms with van der Waals surface area (Å²) in [7, 11) is 0. The van der Waals surface area contributed by atoms with E-state index in [-0.39, 0.29) is 22.9 Å². The van der Waals surface area contributed by atoms with Gasteiger partial charge < -0.3 is 4.74 Å². The molecule has 0 aromatic heterocycles. The Morgan fingerprint density at radius 1 is 1.25 bits per heavy atom. The van der Waals surface area contributed by atoms with Gasteiger partial charge >= 0.3 is 5.97 Å². The largest absolute Gasteiger partial charge is 0.462 e. The fraction of sp³-hybridized carbons (Fsp3) is 0.773. The molecule has 3 aliphatic rings. The van der Waals surface area contributed by atoms with Crippen molar-refractivity contribution in [3.63, 3.8) is 0 Å². The maximum absolute atomic E-state index is 11.5. The Morgan fingerprint density at radius 3 is 2.58 bits per heavy atom. The second-order valence-corrected chi connectivity index (χ2v) is 9.66. The van der Waals surface area contributed by atoms with Crippen molar-refractivity contribution in [3.05, 3.63) is 24.3 Å². The number of rotatable bonds is 2.